The fourth-order valence-electron chi connectivity index (χ4n) is 4.46. The van der Waals surface area contributed by atoms with E-state index in [4.69, 9.17) is 0 Å². The molecule has 172 valence electrons. The van der Waals surface area contributed by atoms with Gasteiger partial charge in [0.05, 0.1) is 23.9 Å². The monoisotopic (exact) mass is 450 g/mol. The van der Waals surface area contributed by atoms with Gasteiger partial charge in [0.25, 0.3) is 5.91 Å². The Morgan fingerprint density at radius 3 is 2.52 bits per heavy atom. The first-order valence-corrected chi connectivity index (χ1v) is 11.0. The minimum atomic E-state index is -0.790. The summed E-state index contributed by atoms with van der Waals surface area (Å²) in [5.41, 5.74) is 4.48. The molecular weight excluding hydrogens is 423 g/mol. The lowest BCUT2D eigenvalue weighted by Gasteiger charge is -2.33. The number of aryl methyl sites for hydroxylation is 2. The van der Waals surface area contributed by atoms with Crippen molar-refractivity contribution in [2.24, 2.45) is 0 Å². The second kappa shape index (κ2) is 8.69. The number of carbonyl (C=O) groups is 3. The van der Waals surface area contributed by atoms with Gasteiger partial charge < -0.3 is 15.5 Å². The standard InChI is InChI=1S/C25H27FN4O3/c1-5-29-20-13-30(16(4)23(31)27-18-9-7-17(26)8-10-18)24(32)21(20)22(28-25(29)33)19-11-6-14(2)12-15(19)3/h6-12,16,22H,5,13H2,1-4H3,(H,27,31)(H,28,33). The first-order valence-electron chi connectivity index (χ1n) is 11.0. The molecule has 2 N–H and O–H groups in total. The maximum absolute atomic E-state index is 13.6. The third-order valence-electron chi connectivity index (χ3n) is 6.26. The fraction of sp³-hybridized carbons (Fsp3) is 0.320. The molecule has 0 spiro atoms. The molecule has 0 bridgehead atoms. The normalized spacial score (nSPS) is 18.9. The molecule has 7 nitrogen and oxygen atoms in total. The molecule has 33 heavy (non-hydrogen) atoms. The molecule has 2 unspecified atom stereocenters. The summed E-state index contributed by atoms with van der Waals surface area (Å²) in [7, 11) is 0. The van der Waals surface area contributed by atoms with Crippen LogP contribution in [0.25, 0.3) is 0 Å². The molecule has 2 atom stereocenters. The number of hydrogen-bond donors (Lipinski definition) is 2. The molecule has 0 fully saturated rings. The molecular formula is C25H27FN4O3. The van der Waals surface area contributed by atoms with Crippen molar-refractivity contribution >= 4 is 23.5 Å². The minimum absolute atomic E-state index is 0.162. The number of carbonyl (C=O) groups excluding carboxylic acids is 3. The Morgan fingerprint density at radius 1 is 1.18 bits per heavy atom. The summed E-state index contributed by atoms with van der Waals surface area (Å²) in [5, 5.41) is 5.70. The Bertz CT molecular complexity index is 1160. The number of anilines is 1. The van der Waals surface area contributed by atoms with Crippen molar-refractivity contribution in [1.29, 1.82) is 0 Å². The summed E-state index contributed by atoms with van der Waals surface area (Å²) in [6, 6.07) is 9.71. The van der Waals surface area contributed by atoms with E-state index in [-0.39, 0.29) is 24.4 Å². The predicted molar refractivity (Wildman–Crippen MR) is 123 cm³/mol. The number of likely N-dealkylation sites (N-methyl/N-ethyl adjacent to an activating group) is 1. The molecule has 2 aliphatic rings. The van der Waals surface area contributed by atoms with Crippen molar-refractivity contribution in [3.8, 4) is 0 Å². The topological polar surface area (TPSA) is 81.8 Å². The van der Waals surface area contributed by atoms with Crippen LogP contribution in [0.3, 0.4) is 0 Å². The second-order valence-corrected chi connectivity index (χ2v) is 8.45. The Hall–Kier alpha value is -3.68. The molecule has 2 aromatic carbocycles. The summed E-state index contributed by atoms with van der Waals surface area (Å²) in [5.74, 6) is -1.07. The van der Waals surface area contributed by atoms with Gasteiger partial charge in [0, 0.05) is 12.2 Å². The lowest BCUT2D eigenvalue weighted by atomic mass is 9.91. The van der Waals surface area contributed by atoms with Gasteiger partial charge in [-0.2, -0.15) is 0 Å². The van der Waals surface area contributed by atoms with Gasteiger partial charge in [0.1, 0.15) is 11.9 Å². The predicted octanol–water partition coefficient (Wildman–Crippen LogP) is 3.65. The van der Waals surface area contributed by atoms with E-state index in [2.05, 4.69) is 10.6 Å². The lowest BCUT2D eigenvalue weighted by molar-refractivity contribution is -0.133. The van der Waals surface area contributed by atoms with E-state index in [1.165, 1.54) is 29.2 Å². The van der Waals surface area contributed by atoms with E-state index >= 15 is 0 Å². The van der Waals surface area contributed by atoms with E-state index in [0.29, 0.717) is 23.5 Å². The number of nitrogens with zero attached hydrogens (tertiary/aromatic N) is 2. The molecule has 0 aliphatic carbocycles. The van der Waals surface area contributed by atoms with Crippen LogP contribution in [-0.2, 0) is 9.59 Å². The van der Waals surface area contributed by atoms with Gasteiger partial charge in [-0.1, -0.05) is 23.8 Å². The van der Waals surface area contributed by atoms with Crippen LogP contribution in [0.1, 0.15) is 36.6 Å². The van der Waals surface area contributed by atoms with E-state index in [9.17, 15) is 18.8 Å². The van der Waals surface area contributed by atoms with Gasteiger partial charge in [-0.25, -0.2) is 9.18 Å². The van der Waals surface area contributed by atoms with Gasteiger partial charge >= 0.3 is 6.03 Å². The van der Waals surface area contributed by atoms with Crippen molar-refractivity contribution in [2.75, 3.05) is 18.4 Å². The van der Waals surface area contributed by atoms with Crippen LogP contribution in [0.2, 0.25) is 0 Å². The summed E-state index contributed by atoms with van der Waals surface area (Å²) in [4.78, 5) is 42.3. The van der Waals surface area contributed by atoms with Crippen LogP contribution in [0, 0.1) is 19.7 Å². The molecule has 2 heterocycles. The number of benzene rings is 2. The zero-order valence-electron chi connectivity index (χ0n) is 19.1. The zero-order chi connectivity index (χ0) is 23.9. The molecule has 0 saturated heterocycles. The molecule has 0 radical (unpaired) electrons. The fourth-order valence-corrected chi connectivity index (χ4v) is 4.46. The average molecular weight is 451 g/mol. The molecule has 4 amide bonds. The highest BCUT2D eigenvalue weighted by Gasteiger charge is 2.46. The summed E-state index contributed by atoms with van der Waals surface area (Å²) in [6.07, 6.45) is 0. The Labute approximate surface area is 192 Å². The number of halogens is 1. The first-order chi connectivity index (χ1) is 15.7. The minimum Gasteiger partial charge on any atom is -0.326 e. The SMILES string of the molecule is CCN1C(=O)NC(c2ccc(C)cc2C)C2=C1CN(C(C)C(=O)Nc1ccc(F)cc1)C2=O. The quantitative estimate of drug-likeness (QED) is 0.730. The molecule has 4 rings (SSSR count). The van der Waals surface area contributed by atoms with Gasteiger partial charge in [0.15, 0.2) is 0 Å². The number of amides is 4. The number of urea groups is 1. The molecule has 8 heteroatoms. The number of nitrogens with one attached hydrogen (secondary N) is 2. The second-order valence-electron chi connectivity index (χ2n) is 8.45. The molecule has 0 aromatic heterocycles. The molecule has 2 aromatic rings. The van der Waals surface area contributed by atoms with Crippen LogP contribution < -0.4 is 10.6 Å². The Kier molecular flexibility index (Phi) is 5.93. The Morgan fingerprint density at radius 2 is 1.88 bits per heavy atom. The first kappa shape index (κ1) is 22.5. The van der Waals surface area contributed by atoms with Crippen LogP contribution >= 0.6 is 0 Å². The van der Waals surface area contributed by atoms with Crippen LogP contribution in [0.4, 0.5) is 14.9 Å². The average Bonchev–Trinajstić information content (AvgIpc) is 3.11. The third-order valence-corrected chi connectivity index (χ3v) is 6.26. The van der Waals surface area contributed by atoms with Crippen molar-refractivity contribution in [1.82, 2.24) is 15.1 Å². The lowest BCUT2D eigenvalue weighted by Crippen LogP contribution is -2.47. The summed E-state index contributed by atoms with van der Waals surface area (Å²) >= 11 is 0. The van der Waals surface area contributed by atoms with Gasteiger partial charge in [0.2, 0.25) is 5.91 Å². The van der Waals surface area contributed by atoms with E-state index in [1.54, 1.807) is 11.8 Å². The van der Waals surface area contributed by atoms with Gasteiger partial charge in [-0.05, 0) is 63.1 Å². The third kappa shape index (κ3) is 4.08. The number of rotatable bonds is 5. The van der Waals surface area contributed by atoms with E-state index in [1.807, 2.05) is 39.0 Å². The molecule has 2 aliphatic heterocycles. The van der Waals surface area contributed by atoms with Crippen LogP contribution in [-0.4, -0.2) is 46.8 Å². The highest BCUT2D eigenvalue weighted by molar-refractivity contribution is 6.05. The van der Waals surface area contributed by atoms with Gasteiger partial charge in [-0.15, -0.1) is 0 Å². The van der Waals surface area contributed by atoms with Crippen LogP contribution in [0.15, 0.2) is 53.7 Å². The number of hydrogen-bond acceptors (Lipinski definition) is 3. The summed E-state index contributed by atoms with van der Waals surface area (Å²) in [6.45, 7) is 8.00. The zero-order valence-corrected chi connectivity index (χ0v) is 19.1. The maximum atomic E-state index is 13.6. The largest absolute Gasteiger partial charge is 0.326 e. The van der Waals surface area contributed by atoms with Crippen molar-refractivity contribution in [3.63, 3.8) is 0 Å². The van der Waals surface area contributed by atoms with Crippen LogP contribution in [0.5, 0.6) is 0 Å². The smallest absolute Gasteiger partial charge is 0.322 e. The van der Waals surface area contributed by atoms with E-state index < -0.39 is 17.9 Å². The summed E-state index contributed by atoms with van der Waals surface area (Å²) < 4.78 is 13.2. The maximum Gasteiger partial charge on any atom is 0.322 e. The Balaban J connectivity index is 1.63. The van der Waals surface area contributed by atoms with Crippen molar-refractivity contribution < 1.29 is 18.8 Å². The van der Waals surface area contributed by atoms with Gasteiger partial charge in [-0.3, -0.25) is 14.5 Å². The molecule has 0 saturated carbocycles. The van der Waals surface area contributed by atoms with Crippen molar-refractivity contribution in [2.45, 2.75) is 39.8 Å². The van der Waals surface area contributed by atoms with Crippen molar-refractivity contribution in [3.05, 3.63) is 76.2 Å². The van der Waals surface area contributed by atoms with E-state index in [0.717, 1.165) is 16.7 Å². The highest BCUT2D eigenvalue weighted by Crippen LogP contribution is 2.38. The highest BCUT2D eigenvalue weighted by atomic mass is 19.1.